The summed E-state index contributed by atoms with van der Waals surface area (Å²) >= 11 is 0. The highest BCUT2D eigenvalue weighted by Gasteiger charge is 2.18. The van der Waals surface area contributed by atoms with Crippen molar-refractivity contribution in [3.63, 3.8) is 0 Å². The van der Waals surface area contributed by atoms with Crippen molar-refractivity contribution in [1.29, 1.82) is 0 Å². The third-order valence-electron chi connectivity index (χ3n) is 4.01. The molecule has 0 unspecified atom stereocenters. The molecular weight excluding hydrogens is 234 g/mol. The zero-order valence-corrected chi connectivity index (χ0v) is 12.1. The summed E-state index contributed by atoms with van der Waals surface area (Å²) in [6, 6.07) is 8.40. The van der Waals surface area contributed by atoms with Gasteiger partial charge in [0.05, 0.1) is 5.69 Å². The van der Waals surface area contributed by atoms with Crippen LogP contribution in [0.3, 0.4) is 0 Å². The first-order valence-corrected chi connectivity index (χ1v) is 7.43. The fourth-order valence-electron chi connectivity index (χ4n) is 2.79. The lowest BCUT2D eigenvalue weighted by atomic mass is 10.1. The molecule has 0 amide bonds. The van der Waals surface area contributed by atoms with Gasteiger partial charge in [-0.2, -0.15) is 0 Å². The van der Waals surface area contributed by atoms with Crippen molar-refractivity contribution >= 4 is 17.2 Å². The van der Waals surface area contributed by atoms with E-state index in [1.807, 2.05) is 0 Å². The molecule has 1 aromatic carbocycles. The van der Waals surface area contributed by atoms with Gasteiger partial charge >= 0.3 is 0 Å². The molecule has 2 rings (SSSR count). The monoisotopic (exact) mass is 259 g/mol. The fourth-order valence-corrected chi connectivity index (χ4v) is 2.79. The molecule has 0 saturated heterocycles. The van der Waals surface area contributed by atoms with E-state index in [4.69, 9.17) is 5.73 Å². The van der Waals surface area contributed by atoms with Gasteiger partial charge < -0.3 is 10.6 Å². The molecule has 0 aliphatic heterocycles. The zero-order chi connectivity index (χ0) is 13.7. The summed E-state index contributed by atoms with van der Waals surface area (Å²) in [5.41, 5.74) is 8.33. The molecule has 0 bridgehead atoms. The molecule has 0 atom stereocenters. The molecule has 19 heavy (non-hydrogen) atoms. The van der Waals surface area contributed by atoms with Crippen LogP contribution < -0.4 is 10.6 Å². The Morgan fingerprint density at radius 2 is 1.74 bits per heavy atom. The van der Waals surface area contributed by atoms with Crippen molar-refractivity contribution < 1.29 is 0 Å². The summed E-state index contributed by atoms with van der Waals surface area (Å²) in [5.74, 6) is 1.32. The summed E-state index contributed by atoms with van der Waals surface area (Å²) in [6.45, 7) is 6.41. The normalized spacial score (nSPS) is 16.8. The van der Waals surface area contributed by atoms with E-state index in [2.05, 4.69) is 48.0 Å². The predicted octanol–water partition coefficient (Wildman–Crippen LogP) is 3.71. The molecule has 0 heterocycles. The minimum atomic E-state index is 0.502. The van der Waals surface area contributed by atoms with Crippen LogP contribution in [0, 0.1) is 5.92 Å². The fraction of sp³-hybridized carbons (Fsp3) is 0.562. The minimum absolute atomic E-state index is 0.502. The Morgan fingerprint density at radius 3 is 2.26 bits per heavy atom. The van der Waals surface area contributed by atoms with Gasteiger partial charge in [0.15, 0.2) is 0 Å². The van der Waals surface area contributed by atoms with Crippen LogP contribution in [0.15, 0.2) is 29.3 Å². The maximum atomic E-state index is 6.10. The lowest BCUT2D eigenvalue weighted by molar-refractivity contribution is 0.722. The third kappa shape index (κ3) is 3.49. The number of hydrogen-bond acceptors (Lipinski definition) is 2. The number of benzene rings is 1. The van der Waals surface area contributed by atoms with Crippen molar-refractivity contribution in [1.82, 2.24) is 0 Å². The number of aliphatic imine (C=N–C) groups is 1. The van der Waals surface area contributed by atoms with Crippen molar-refractivity contribution in [3.05, 3.63) is 24.3 Å². The number of rotatable bonds is 5. The van der Waals surface area contributed by atoms with Crippen molar-refractivity contribution in [3.8, 4) is 0 Å². The number of nitrogens with two attached hydrogens (primary N) is 1. The lowest BCUT2D eigenvalue weighted by Crippen LogP contribution is -2.21. The summed E-state index contributed by atoms with van der Waals surface area (Å²) < 4.78 is 0. The summed E-state index contributed by atoms with van der Waals surface area (Å²) in [5, 5.41) is 0. The molecule has 3 heteroatoms. The Hall–Kier alpha value is -1.51. The molecule has 1 aromatic rings. The van der Waals surface area contributed by atoms with Crippen molar-refractivity contribution in [2.24, 2.45) is 16.6 Å². The van der Waals surface area contributed by atoms with Gasteiger partial charge in [0.2, 0.25) is 0 Å². The van der Waals surface area contributed by atoms with E-state index in [0.717, 1.165) is 24.6 Å². The third-order valence-corrected chi connectivity index (χ3v) is 4.01. The smallest absolute Gasteiger partial charge is 0.103 e. The molecule has 104 valence electrons. The van der Waals surface area contributed by atoms with E-state index >= 15 is 0 Å². The SMILES string of the molecule is CCN(CC)c1ccc(N=C(N)C2CCCC2)cc1. The van der Waals surface area contributed by atoms with Crippen LogP contribution >= 0.6 is 0 Å². The molecule has 0 radical (unpaired) electrons. The van der Waals surface area contributed by atoms with Crippen molar-refractivity contribution in [2.45, 2.75) is 39.5 Å². The number of nitrogens with zero attached hydrogens (tertiary/aromatic N) is 2. The highest BCUT2D eigenvalue weighted by molar-refractivity contribution is 5.85. The highest BCUT2D eigenvalue weighted by atomic mass is 15.1. The lowest BCUT2D eigenvalue weighted by Gasteiger charge is -2.20. The Labute approximate surface area is 116 Å². The maximum absolute atomic E-state index is 6.10. The van der Waals surface area contributed by atoms with Gasteiger partial charge in [0.1, 0.15) is 5.84 Å². The largest absolute Gasteiger partial charge is 0.387 e. The summed E-state index contributed by atoms with van der Waals surface area (Å²) in [6.07, 6.45) is 4.99. The quantitative estimate of drug-likeness (QED) is 0.647. The van der Waals surface area contributed by atoms with E-state index in [9.17, 15) is 0 Å². The van der Waals surface area contributed by atoms with Crippen LogP contribution in [0.25, 0.3) is 0 Å². The molecule has 1 aliphatic rings. The Bertz CT molecular complexity index is 412. The minimum Gasteiger partial charge on any atom is -0.387 e. The highest BCUT2D eigenvalue weighted by Crippen LogP contribution is 2.26. The van der Waals surface area contributed by atoms with Gasteiger partial charge in [0, 0.05) is 24.7 Å². The standard InChI is InChI=1S/C16H25N3/c1-3-19(4-2)15-11-9-14(10-12-15)18-16(17)13-7-5-6-8-13/h9-13H,3-8H2,1-2H3,(H2,17,18). The Kier molecular flexibility index (Phi) is 4.83. The second-order valence-corrected chi connectivity index (χ2v) is 5.21. The molecule has 1 fully saturated rings. The van der Waals surface area contributed by atoms with Gasteiger partial charge in [-0.1, -0.05) is 12.8 Å². The van der Waals surface area contributed by atoms with E-state index in [1.54, 1.807) is 0 Å². The first kappa shape index (κ1) is 13.9. The second-order valence-electron chi connectivity index (χ2n) is 5.21. The molecule has 2 N–H and O–H groups in total. The molecule has 1 saturated carbocycles. The molecular formula is C16H25N3. The number of anilines is 1. The number of amidine groups is 1. The van der Waals surface area contributed by atoms with Crippen LogP contribution in [0.2, 0.25) is 0 Å². The first-order valence-electron chi connectivity index (χ1n) is 7.43. The molecule has 0 spiro atoms. The van der Waals surface area contributed by atoms with Crippen LogP contribution in [-0.4, -0.2) is 18.9 Å². The van der Waals surface area contributed by atoms with E-state index < -0.39 is 0 Å². The van der Waals surface area contributed by atoms with Gasteiger partial charge in [-0.05, 0) is 51.0 Å². The maximum Gasteiger partial charge on any atom is 0.103 e. The second kappa shape index (κ2) is 6.60. The van der Waals surface area contributed by atoms with E-state index in [1.165, 1.54) is 31.4 Å². The zero-order valence-electron chi connectivity index (χ0n) is 12.1. The van der Waals surface area contributed by atoms with Crippen LogP contribution in [0.4, 0.5) is 11.4 Å². The van der Waals surface area contributed by atoms with Gasteiger partial charge in [0.25, 0.3) is 0 Å². The molecule has 1 aliphatic carbocycles. The van der Waals surface area contributed by atoms with E-state index in [0.29, 0.717) is 5.92 Å². The Balaban J connectivity index is 2.07. The first-order chi connectivity index (χ1) is 9.24. The Morgan fingerprint density at radius 1 is 1.16 bits per heavy atom. The van der Waals surface area contributed by atoms with Gasteiger partial charge in [-0.3, -0.25) is 0 Å². The summed E-state index contributed by atoms with van der Waals surface area (Å²) in [7, 11) is 0. The van der Waals surface area contributed by atoms with Crippen LogP contribution in [0.1, 0.15) is 39.5 Å². The topological polar surface area (TPSA) is 41.6 Å². The predicted molar refractivity (Wildman–Crippen MR) is 83.2 cm³/mol. The number of hydrogen-bond donors (Lipinski definition) is 1. The average molecular weight is 259 g/mol. The summed E-state index contributed by atoms with van der Waals surface area (Å²) in [4.78, 5) is 6.90. The molecule has 3 nitrogen and oxygen atoms in total. The van der Waals surface area contributed by atoms with Crippen LogP contribution in [0.5, 0.6) is 0 Å². The average Bonchev–Trinajstić information content (AvgIpc) is 2.96. The van der Waals surface area contributed by atoms with E-state index in [-0.39, 0.29) is 0 Å². The van der Waals surface area contributed by atoms with Crippen molar-refractivity contribution in [2.75, 3.05) is 18.0 Å². The van der Waals surface area contributed by atoms with Gasteiger partial charge in [-0.15, -0.1) is 0 Å². The molecule has 0 aromatic heterocycles. The van der Waals surface area contributed by atoms with Crippen LogP contribution in [-0.2, 0) is 0 Å². The van der Waals surface area contributed by atoms with Gasteiger partial charge in [-0.25, -0.2) is 4.99 Å².